The van der Waals surface area contributed by atoms with Gasteiger partial charge in [0.1, 0.15) is 23.1 Å². The van der Waals surface area contributed by atoms with Gasteiger partial charge in [0.05, 0.1) is 4.92 Å². The molecule has 0 aromatic heterocycles. The Morgan fingerprint density at radius 1 is 1.25 bits per heavy atom. The number of anilines is 1. The summed E-state index contributed by atoms with van der Waals surface area (Å²) in [5.74, 6) is 0.110. The Morgan fingerprint density at radius 3 is 2.65 bits per heavy atom. The van der Waals surface area contributed by atoms with Gasteiger partial charge in [0.25, 0.3) is 0 Å². The van der Waals surface area contributed by atoms with E-state index in [1.54, 1.807) is 30.3 Å². The van der Waals surface area contributed by atoms with E-state index < -0.39 is 4.92 Å². The zero-order chi connectivity index (χ0) is 14.5. The molecule has 0 saturated carbocycles. The molecule has 6 heteroatoms. The summed E-state index contributed by atoms with van der Waals surface area (Å²) in [6.45, 7) is 0.225. The standard InChI is InChI=1S/C14H11N3O3/c15-8-10-5-3-6-12(14(10)17(19)20)16-9-11-4-1-2-7-13(11)18/h1-7,16,18H,9H2. The number of phenolic OH excluding ortho intramolecular Hbond substituents is 1. The maximum atomic E-state index is 11.0. The monoisotopic (exact) mass is 269 g/mol. The lowest BCUT2D eigenvalue weighted by Gasteiger charge is -2.09. The molecule has 0 aliphatic rings. The highest BCUT2D eigenvalue weighted by molar-refractivity contribution is 5.68. The van der Waals surface area contributed by atoms with E-state index in [0.29, 0.717) is 5.56 Å². The lowest BCUT2D eigenvalue weighted by atomic mass is 10.1. The van der Waals surface area contributed by atoms with Crippen molar-refractivity contribution >= 4 is 11.4 Å². The first-order chi connectivity index (χ1) is 9.63. The molecule has 0 spiro atoms. The first kappa shape index (κ1) is 13.4. The van der Waals surface area contributed by atoms with Crippen molar-refractivity contribution in [3.63, 3.8) is 0 Å². The highest BCUT2D eigenvalue weighted by atomic mass is 16.6. The zero-order valence-electron chi connectivity index (χ0n) is 10.4. The number of nitro groups is 1. The summed E-state index contributed by atoms with van der Waals surface area (Å²) >= 11 is 0. The summed E-state index contributed by atoms with van der Waals surface area (Å²) < 4.78 is 0. The molecule has 0 amide bonds. The van der Waals surface area contributed by atoms with Crippen molar-refractivity contribution in [1.82, 2.24) is 0 Å². The quantitative estimate of drug-likeness (QED) is 0.656. The summed E-state index contributed by atoms with van der Waals surface area (Å²) in [6.07, 6.45) is 0. The second kappa shape index (κ2) is 5.71. The van der Waals surface area contributed by atoms with Gasteiger partial charge in [0, 0.05) is 12.1 Å². The number of hydrogen-bond acceptors (Lipinski definition) is 5. The van der Waals surface area contributed by atoms with Crippen molar-refractivity contribution < 1.29 is 10.0 Å². The van der Waals surface area contributed by atoms with E-state index in [2.05, 4.69) is 5.32 Å². The number of phenols is 1. The Hall–Kier alpha value is -3.07. The van der Waals surface area contributed by atoms with Crippen LogP contribution in [0.2, 0.25) is 0 Å². The minimum Gasteiger partial charge on any atom is -0.508 e. The minimum atomic E-state index is -0.592. The highest BCUT2D eigenvalue weighted by Gasteiger charge is 2.19. The Kier molecular flexibility index (Phi) is 3.82. The van der Waals surface area contributed by atoms with Gasteiger partial charge in [-0.15, -0.1) is 0 Å². The molecule has 100 valence electrons. The number of benzene rings is 2. The largest absolute Gasteiger partial charge is 0.508 e. The zero-order valence-corrected chi connectivity index (χ0v) is 10.4. The molecule has 2 aromatic carbocycles. The molecule has 0 aliphatic carbocycles. The number of nitro benzene ring substituents is 1. The van der Waals surface area contributed by atoms with Crippen LogP contribution in [0.25, 0.3) is 0 Å². The molecular weight excluding hydrogens is 258 g/mol. The van der Waals surface area contributed by atoms with Crippen LogP contribution in [0.4, 0.5) is 11.4 Å². The van der Waals surface area contributed by atoms with Crippen LogP contribution in [0.15, 0.2) is 42.5 Å². The van der Waals surface area contributed by atoms with Crippen LogP contribution >= 0.6 is 0 Å². The van der Waals surface area contributed by atoms with E-state index >= 15 is 0 Å². The number of para-hydroxylation sites is 2. The minimum absolute atomic E-state index is 0.00252. The third-order valence-corrected chi connectivity index (χ3v) is 2.80. The van der Waals surface area contributed by atoms with Gasteiger partial charge in [0.2, 0.25) is 0 Å². The van der Waals surface area contributed by atoms with Crippen molar-refractivity contribution in [2.24, 2.45) is 0 Å². The van der Waals surface area contributed by atoms with Gasteiger partial charge in [-0.05, 0) is 18.2 Å². The summed E-state index contributed by atoms with van der Waals surface area (Å²) in [4.78, 5) is 10.5. The van der Waals surface area contributed by atoms with Crippen LogP contribution in [-0.2, 0) is 6.54 Å². The molecule has 2 aromatic rings. The van der Waals surface area contributed by atoms with Crippen LogP contribution < -0.4 is 5.32 Å². The smallest absolute Gasteiger partial charge is 0.309 e. The highest BCUT2D eigenvalue weighted by Crippen LogP contribution is 2.29. The molecule has 2 N–H and O–H groups in total. The molecule has 0 saturated heterocycles. The average molecular weight is 269 g/mol. The molecule has 0 heterocycles. The molecule has 20 heavy (non-hydrogen) atoms. The lowest BCUT2D eigenvalue weighted by Crippen LogP contribution is -2.04. The number of rotatable bonds is 4. The lowest BCUT2D eigenvalue weighted by molar-refractivity contribution is -0.384. The Balaban J connectivity index is 2.29. The molecule has 2 rings (SSSR count). The second-order valence-electron chi connectivity index (χ2n) is 4.05. The number of hydrogen-bond donors (Lipinski definition) is 2. The molecule has 0 fully saturated rings. The summed E-state index contributed by atoms with van der Waals surface area (Å²) in [5.41, 5.74) is 0.601. The number of nitriles is 1. The topological polar surface area (TPSA) is 99.2 Å². The number of aromatic hydroxyl groups is 1. The normalized spacial score (nSPS) is 9.75. The molecular formula is C14H11N3O3. The molecule has 0 aliphatic heterocycles. The van der Waals surface area contributed by atoms with Crippen LogP contribution in [0.1, 0.15) is 11.1 Å². The number of nitrogens with one attached hydrogen (secondary N) is 1. The van der Waals surface area contributed by atoms with Gasteiger partial charge in [0.15, 0.2) is 0 Å². The van der Waals surface area contributed by atoms with Gasteiger partial charge in [-0.2, -0.15) is 5.26 Å². The van der Waals surface area contributed by atoms with Gasteiger partial charge in [-0.1, -0.05) is 24.3 Å². The maximum absolute atomic E-state index is 11.0. The number of nitrogens with zero attached hydrogens (tertiary/aromatic N) is 2. The average Bonchev–Trinajstić information content (AvgIpc) is 2.45. The van der Waals surface area contributed by atoms with Gasteiger partial charge in [-0.25, -0.2) is 0 Å². The fourth-order valence-corrected chi connectivity index (χ4v) is 1.82. The third-order valence-electron chi connectivity index (χ3n) is 2.80. The molecule has 0 atom stereocenters. The Morgan fingerprint density at radius 2 is 2.00 bits per heavy atom. The molecule has 0 unspecified atom stereocenters. The molecule has 6 nitrogen and oxygen atoms in total. The van der Waals surface area contributed by atoms with Crippen molar-refractivity contribution in [1.29, 1.82) is 5.26 Å². The van der Waals surface area contributed by atoms with Gasteiger partial charge < -0.3 is 10.4 Å². The predicted molar refractivity (Wildman–Crippen MR) is 73.2 cm³/mol. The van der Waals surface area contributed by atoms with E-state index in [0.717, 1.165) is 0 Å². The van der Waals surface area contributed by atoms with Gasteiger partial charge >= 0.3 is 5.69 Å². The maximum Gasteiger partial charge on any atom is 0.309 e. The van der Waals surface area contributed by atoms with E-state index in [1.165, 1.54) is 18.2 Å². The van der Waals surface area contributed by atoms with Crippen molar-refractivity contribution in [3.8, 4) is 11.8 Å². The predicted octanol–water partition coefficient (Wildman–Crippen LogP) is 2.78. The Labute approximate surface area is 115 Å². The summed E-state index contributed by atoms with van der Waals surface area (Å²) in [7, 11) is 0. The first-order valence-corrected chi connectivity index (χ1v) is 5.81. The SMILES string of the molecule is N#Cc1cccc(NCc2ccccc2O)c1[N+](=O)[O-]. The van der Waals surface area contributed by atoms with E-state index in [9.17, 15) is 15.2 Å². The molecule has 0 radical (unpaired) electrons. The fourth-order valence-electron chi connectivity index (χ4n) is 1.82. The van der Waals surface area contributed by atoms with Crippen LogP contribution in [0.3, 0.4) is 0 Å². The van der Waals surface area contributed by atoms with Crippen LogP contribution in [-0.4, -0.2) is 10.0 Å². The van der Waals surface area contributed by atoms with Crippen molar-refractivity contribution in [3.05, 3.63) is 63.7 Å². The van der Waals surface area contributed by atoms with Crippen LogP contribution in [0.5, 0.6) is 5.75 Å². The second-order valence-corrected chi connectivity index (χ2v) is 4.05. The third kappa shape index (κ3) is 2.67. The molecule has 0 bridgehead atoms. The van der Waals surface area contributed by atoms with E-state index in [4.69, 9.17) is 5.26 Å². The van der Waals surface area contributed by atoms with Crippen molar-refractivity contribution in [2.45, 2.75) is 6.54 Å². The first-order valence-electron chi connectivity index (χ1n) is 5.81. The van der Waals surface area contributed by atoms with E-state index in [-0.39, 0.29) is 29.2 Å². The van der Waals surface area contributed by atoms with Gasteiger partial charge in [-0.3, -0.25) is 10.1 Å². The van der Waals surface area contributed by atoms with E-state index in [1.807, 2.05) is 0 Å². The summed E-state index contributed by atoms with van der Waals surface area (Å²) in [5, 5.41) is 32.5. The fraction of sp³-hybridized carbons (Fsp3) is 0.0714. The Bertz CT molecular complexity index is 692. The van der Waals surface area contributed by atoms with Crippen LogP contribution in [0, 0.1) is 21.4 Å². The van der Waals surface area contributed by atoms with Crippen molar-refractivity contribution in [2.75, 3.05) is 5.32 Å². The summed E-state index contributed by atoms with van der Waals surface area (Å²) in [6, 6.07) is 13.0.